The zero-order valence-electron chi connectivity index (χ0n) is 12.5. The zero-order chi connectivity index (χ0) is 13.7. The van der Waals surface area contributed by atoms with E-state index in [9.17, 15) is 0 Å². The summed E-state index contributed by atoms with van der Waals surface area (Å²) in [6, 6.07) is 0. The van der Waals surface area contributed by atoms with Crippen molar-refractivity contribution in [2.75, 3.05) is 30.9 Å². The zero-order valence-corrected chi connectivity index (χ0v) is 12.5. The summed E-state index contributed by atoms with van der Waals surface area (Å²) in [5.74, 6) is 3.10. The van der Waals surface area contributed by atoms with Crippen LogP contribution in [0.5, 0.6) is 0 Å². The Bertz CT molecular complexity index is 374. The van der Waals surface area contributed by atoms with Crippen LogP contribution in [0.4, 0.5) is 11.6 Å². The van der Waals surface area contributed by atoms with Gasteiger partial charge in [0.1, 0.15) is 18.0 Å². The summed E-state index contributed by atoms with van der Waals surface area (Å²) in [4.78, 5) is 11.0. The van der Waals surface area contributed by atoms with E-state index in [2.05, 4.69) is 54.9 Å². The molecule has 0 unspecified atom stereocenters. The Labute approximate surface area is 111 Å². The van der Waals surface area contributed by atoms with Gasteiger partial charge in [-0.25, -0.2) is 9.97 Å². The van der Waals surface area contributed by atoms with Gasteiger partial charge in [-0.1, -0.05) is 27.7 Å². The fourth-order valence-electron chi connectivity index (χ4n) is 1.98. The standard InChI is InChI=1S/C14H26N4/c1-10(2)7-8-18(6)14-12(11(3)4)13(15-5)16-9-17-14/h9-11H,7-8H2,1-6H3,(H,15,16,17). The minimum Gasteiger partial charge on any atom is -0.373 e. The monoisotopic (exact) mass is 250 g/mol. The Morgan fingerprint density at radius 2 is 1.89 bits per heavy atom. The van der Waals surface area contributed by atoms with Crippen molar-refractivity contribution in [2.45, 2.75) is 40.0 Å². The lowest BCUT2D eigenvalue weighted by atomic mass is 10.0. The predicted molar refractivity (Wildman–Crippen MR) is 78.4 cm³/mol. The van der Waals surface area contributed by atoms with Crippen LogP contribution in [-0.4, -0.2) is 30.6 Å². The van der Waals surface area contributed by atoms with Crippen molar-refractivity contribution in [2.24, 2.45) is 5.92 Å². The maximum atomic E-state index is 4.46. The molecule has 1 N–H and O–H groups in total. The van der Waals surface area contributed by atoms with Crippen molar-refractivity contribution in [1.29, 1.82) is 0 Å². The lowest BCUT2D eigenvalue weighted by molar-refractivity contribution is 0.582. The highest BCUT2D eigenvalue weighted by molar-refractivity contribution is 5.59. The molecule has 0 aliphatic carbocycles. The van der Waals surface area contributed by atoms with E-state index in [0.717, 1.165) is 18.2 Å². The van der Waals surface area contributed by atoms with E-state index in [1.807, 2.05) is 7.05 Å². The van der Waals surface area contributed by atoms with Crippen molar-refractivity contribution in [3.8, 4) is 0 Å². The van der Waals surface area contributed by atoms with E-state index in [1.165, 1.54) is 12.0 Å². The molecule has 0 aliphatic heterocycles. The molecule has 1 rings (SSSR count). The summed E-state index contributed by atoms with van der Waals surface area (Å²) < 4.78 is 0. The van der Waals surface area contributed by atoms with Crippen LogP contribution in [0.2, 0.25) is 0 Å². The molecule has 4 nitrogen and oxygen atoms in total. The van der Waals surface area contributed by atoms with Crippen molar-refractivity contribution in [3.05, 3.63) is 11.9 Å². The molecule has 0 radical (unpaired) electrons. The summed E-state index contributed by atoms with van der Waals surface area (Å²) in [6.07, 6.45) is 2.81. The van der Waals surface area contributed by atoms with Crippen LogP contribution in [0.25, 0.3) is 0 Å². The van der Waals surface area contributed by atoms with Crippen molar-refractivity contribution in [3.63, 3.8) is 0 Å². The van der Waals surface area contributed by atoms with Crippen LogP contribution in [-0.2, 0) is 0 Å². The van der Waals surface area contributed by atoms with Crippen molar-refractivity contribution in [1.82, 2.24) is 9.97 Å². The number of nitrogens with zero attached hydrogens (tertiary/aromatic N) is 3. The van der Waals surface area contributed by atoms with E-state index >= 15 is 0 Å². The van der Waals surface area contributed by atoms with Gasteiger partial charge in [0, 0.05) is 26.2 Å². The van der Waals surface area contributed by atoms with Gasteiger partial charge in [0.15, 0.2) is 0 Å². The molecule has 0 aliphatic rings. The molecule has 0 atom stereocenters. The Hall–Kier alpha value is -1.32. The maximum absolute atomic E-state index is 4.46. The van der Waals surface area contributed by atoms with Crippen LogP contribution in [0.1, 0.15) is 45.6 Å². The summed E-state index contributed by atoms with van der Waals surface area (Å²) in [7, 11) is 4.02. The molecular formula is C14H26N4. The number of anilines is 2. The first-order valence-electron chi connectivity index (χ1n) is 6.71. The highest BCUT2D eigenvalue weighted by Gasteiger charge is 2.17. The van der Waals surface area contributed by atoms with E-state index in [-0.39, 0.29) is 0 Å². The van der Waals surface area contributed by atoms with Crippen LogP contribution < -0.4 is 10.2 Å². The lowest BCUT2D eigenvalue weighted by Crippen LogP contribution is -2.23. The Balaban J connectivity index is 2.99. The molecule has 1 aromatic heterocycles. The molecule has 102 valence electrons. The minimum absolute atomic E-state index is 0.408. The summed E-state index contributed by atoms with van der Waals surface area (Å²) in [5.41, 5.74) is 1.20. The average molecular weight is 250 g/mol. The number of aromatic nitrogens is 2. The molecule has 0 fully saturated rings. The van der Waals surface area contributed by atoms with E-state index < -0.39 is 0 Å². The molecule has 0 saturated heterocycles. The average Bonchev–Trinajstić information content (AvgIpc) is 2.34. The molecule has 1 heterocycles. The van der Waals surface area contributed by atoms with Gasteiger partial charge in [0.2, 0.25) is 0 Å². The van der Waals surface area contributed by atoms with Gasteiger partial charge in [0.05, 0.1) is 0 Å². The smallest absolute Gasteiger partial charge is 0.137 e. The molecule has 0 saturated carbocycles. The fraction of sp³-hybridized carbons (Fsp3) is 0.714. The van der Waals surface area contributed by atoms with E-state index in [0.29, 0.717) is 11.8 Å². The maximum Gasteiger partial charge on any atom is 0.137 e. The number of hydrogen-bond acceptors (Lipinski definition) is 4. The molecule has 0 bridgehead atoms. The summed E-state index contributed by atoms with van der Waals surface area (Å²) >= 11 is 0. The highest BCUT2D eigenvalue weighted by Crippen LogP contribution is 2.30. The van der Waals surface area contributed by atoms with Gasteiger partial charge in [-0.3, -0.25) is 0 Å². The van der Waals surface area contributed by atoms with Gasteiger partial charge < -0.3 is 10.2 Å². The van der Waals surface area contributed by atoms with Crippen molar-refractivity contribution < 1.29 is 0 Å². The number of hydrogen-bond donors (Lipinski definition) is 1. The Kier molecular flexibility index (Phi) is 5.38. The van der Waals surface area contributed by atoms with Crippen molar-refractivity contribution >= 4 is 11.6 Å². The first kappa shape index (κ1) is 14.7. The minimum atomic E-state index is 0.408. The third-order valence-corrected chi connectivity index (χ3v) is 3.08. The fourth-order valence-corrected chi connectivity index (χ4v) is 1.98. The van der Waals surface area contributed by atoms with Gasteiger partial charge in [-0.2, -0.15) is 0 Å². The predicted octanol–water partition coefficient (Wildman–Crippen LogP) is 3.12. The number of nitrogens with one attached hydrogen (secondary N) is 1. The molecular weight excluding hydrogens is 224 g/mol. The Morgan fingerprint density at radius 3 is 2.39 bits per heavy atom. The SMILES string of the molecule is CNc1ncnc(N(C)CCC(C)C)c1C(C)C. The van der Waals surface area contributed by atoms with Gasteiger partial charge in [-0.05, 0) is 18.3 Å². The van der Waals surface area contributed by atoms with Crippen LogP contribution in [0, 0.1) is 5.92 Å². The van der Waals surface area contributed by atoms with E-state index in [4.69, 9.17) is 0 Å². The van der Waals surface area contributed by atoms with Crippen LogP contribution >= 0.6 is 0 Å². The second kappa shape index (κ2) is 6.57. The third-order valence-electron chi connectivity index (χ3n) is 3.08. The molecule has 0 aromatic carbocycles. The quantitative estimate of drug-likeness (QED) is 0.842. The van der Waals surface area contributed by atoms with Gasteiger partial charge in [-0.15, -0.1) is 0 Å². The summed E-state index contributed by atoms with van der Waals surface area (Å²) in [5, 5.41) is 3.16. The van der Waals surface area contributed by atoms with E-state index in [1.54, 1.807) is 6.33 Å². The second-order valence-corrected chi connectivity index (χ2v) is 5.47. The van der Waals surface area contributed by atoms with Crippen LogP contribution in [0.3, 0.4) is 0 Å². The van der Waals surface area contributed by atoms with Gasteiger partial charge in [0.25, 0.3) is 0 Å². The molecule has 4 heteroatoms. The summed E-state index contributed by atoms with van der Waals surface area (Å²) in [6.45, 7) is 9.88. The highest BCUT2D eigenvalue weighted by atomic mass is 15.2. The topological polar surface area (TPSA) is 41.1 Å². The molecule has 1 aromatic rings. The second-order valence-electron chi connectivity index (χ2n) is 5.47. The molecule has 0 spiro atoms. The first-order valence-corrected chi connectivity index (χ1v) is 6.71. The van der Waals surface area contributed by atoms with Crippen LogP contribution in [0.15, 0.2) is 6.33 Å². The third kappa shape index (κ3) is 3.59. The molecule has 0 amide bonds. The normalized spacial score (nSPS) is 11.1. The largest absolute Gasteiger partial charge is 0.373 e. The molecule has 18 heavy (non-hydrogen) atoms. The first-order chi connectivity index (χ1) is 8.47. The number of rotatable bonds is 6. The Morgan fingerprint density at radius 1 is 1.22 bits per heavy atom. The van der Waals surface area contributed by atoms with Gasteiger partial charge >= 0.3 is 0 Å². The lowest BCUT2D eigenvalue weighted by Gasteiger charge is -2.24.